The maximum absolute atomic E-state index is 13.1. The molecule has 2 fully saturated rings. The molecule has 2 aliphatic rings. The predicted molar refractivity (Wildman–Crippen MR) is 121 cm³/mol. The summed E-state index contributed by atoms with van der Waals surface area (Å²) in [5.74, 6) is 0.751. The standard InChI is InChI=1S/C23H31BrN4O2/c1-16-13-26(14-17(2)30-16)15-19-8-10-27(11-9-19)23(29)22-12-25-28(18(22)3)21-6-4-20(24)5-7-21/h4-7,12,16-17,19H,8-11,13-15H2,1-3H3. The quantitative estimate of drug-likeness (QED) is 0.673. The molecule has 0 saturated carbocycles. The lowest BCUT2D eigenvalue weighted by atomic mass is 9.95. The first-order valence-corrected chi connectivity index (χ1v) is 11.7. The van der Waals surface area contributed by atoms with Gasteiger partial charge in [-0.25, -0.2) is 4.68 Å². The van der Waals surface area contributed by atoms with Gasteiger partial charge < -0.3 is 9.64 Å². The SMILES string of the molecule is Cc1c(C(=O)N2CCC(CN3CC(C)OC(C)C3)CC2)cnn1-c1ccc(Br)cc1. The van der Waals surface area contributed by atoms with Crippen molar-refractivity contribution in [3.8, 4) is 5.69 Å². The van der Waals surface area contributed by atoms with Crippen LogP contribution in [0.2, 0.25) is 0 Å². The molecule has 0 radical (unpaired) electrons. The van der Waals surface area contributed by atoms with Crippen LogP contribution in [-0.4, -0.2) is 70.4 Å². The number of aromatic nitrogens is 2. The number of halogens is 1. The highest BCUT2D eigenvalue weighted by molar-refractivity contribution is 9.10. The minimum absolute atomic E-state index is 0.0999. The number of carbonyl (C=O) groups excluding carboxylic acids is 1. The van der Waals surface area contributed by atoms with E-state index in [-0.39, 0.29) is 5.91 Å². The van der Waals surface area contributed by atoms with Gasteiger partial charge in [0.15, 0.2) is 0 Å². The van der Waals surface area contributed by atoms with Crippen LogP contribution in [0.3, 0.4) is 0 Å². The second-order valence-electron chi connectivity index (χ2n) is 8.74. The number of hydrogen-bond donors (Lipinski definition) is 0. The van der Waals surface area contributed by atoms with Gasteiger partial charge in [-0.1, -0.05) is 15.9 Å². The molecule has 3 heterocycles. The number of hydrogen-bond acceptors (Lipinski definition) is 4. The average molecular weight is 475 g/mol. The van der Waals surface area contributed by atoms with Gasteiger partial charge in [0.25, 0.3) is 5.91 Å². The van der Waals surface area contributed by atoms with Gasteiger partial charge in [-0.15, -0.1) is 0 Å². The van der Waals surface area contributed by atoms with E-state index in [4.69, 9.17) is 4.74 Å². The van der Waals surface area contributed by atoms with Gasteiger partial charge >= 0.3 is 0 Å². The molecule has 6 nitrogen and oxygen atoms in total. The normalized spacial score (nSPS) is 23.7. The smallest absolute Gasteiger partial charge is 0.257 e. The Labute approximate surface area is 187 Å². The summed E-state index contributed by atoms with van der Waals surface area (Å²) in [7, 11) is 0. The van der Waals surface area contributed by atoms with E-state index in [0.717, 1.165) is 61.4 Å². The fourth-order valence-corrected chi connectivity index (χ4v) is 5.01. The third-order valence-corrected chi connectivity index (χ3v) is 6.75. The second kappa shape index (κ2) is 9.20. The van der Waals surface area contributed by atoms with E-state index in [1.807, 2.05) is 40.8 Å². The van der Waals surface area contributed by atoms with Gasteiger partial charge in [0, 0.05) is 37.2 Å². The Balaban J connectivity index is 1.35. The number of carbonyl (C=O) groups is 1. The number of ether oxygens (including phenoxy) is 1. The summed E-state index contributed by atoms with van der Waals surface area (Å²) >= 11 is 3.46. The van der Waals surface area contributed by atoms with E-state index in [9.17, 15) is 4.79 Å². The lowest BCUT2D eigenvalue weighted by Crippen LogP contribution is -2.48. The molecule has 1 aromatic heterocycles. The fraction of sp³-hybridized carbons (Fsp3) is 0.565. The number of amides is 1. The Morgan fingerprint density at radius 1 is 1.13 bits per heavy atom. The van der Waals surface area contributed by atoms with Crippen molar-refractivity contribution in [3.05, 3.63) is 46.2 Å². The summed E-state index contributed by atoms with van der Waals surface area (Å²) in [6.45, 7) is 11.1. The summed E-state index contributed by atoms with van der Waals surface area (Å²) in [4.78, 5) is 17.7. The topological polar surface area (TPSA) is 50.6 Å². The number of piperidine rings is 1. The van der Waals surface area contributed by atoms with E-state index >= 15 is 0 Å². The van der Waals surface area contributed by atoms with Crippen LogP contribution in [0.5, 0.6) is 0 Å². The van der Waals surface area contributed by atoms with Gasteiger partial charge in [0.05, 0.1) is 35.3 Å². The molecule has 2 aromatic rings. The molecule has 0 N–H and O–H groups in total. The van der Waals surface area contributed by atoms with Crippen LogP contribution in [0.25, 0.3) is 5.69 Å². The zero-order valence-corrected chi connectivity index (χ0v) is 19.6. The van der Waals surface area contributed by atoms with Crippen molar-refractivity contribution >= 4 is 21.8 Å². The minimum Gasteiger partial charge on any atom is -0.373 e. The molecule has 1 aromatic carbocycles. The Kier molecular flexibility index (Phi) is 6.60. The third kappa shape index (κ3) is 4.79. The van der Waals surface area contributed by atoms with Crippen molar-refractivity contribution in [2.75, 3.05) is 32.7 Å². The first-order chi connectivity index (χ1) is 14.4. The highest BCUT2D eigenvalue weighted by Gasteiger charge is 2.29. The summed E-state index contributed by atoms with van der Waals surface area (Å²) in [5, 5.41) is 4.47. The molecule has 2 atom stereocenters. The molecule has 162 valence electrons. The van der Waals surface area contributed by atoms with Crippen molar-refractivity contribution in [1.82, 2.24) is 19.6 Å². The van der Waals surface area contributed by atoms with Crippen LogP contribution >= 0.6 is 15.9 Å². The zero-order valence-electron chi connectivity index (χ0n) is 18.1. The monoisotopic (exact) mass is 474 g/mol. The predicted octanol–water partition coefficient (Wildman–Crippen LogP) is 3.90. The maximum atomic E-state index is 13.1. The van der Waals surface area contributed by atoms with Crippen molar-refractivity contribution in [3.63, 3.8) is 0 Å². The van der Waals surface area contributed by atoms with Crippen molar-refractivity contribution in [2.45, 2.75) is 45.8 Å². The first kappa shape index (κ1) is 21.5. The molecule has 2 aliphatic heterocycles. The summed E-state index contributed by atoms with van der Waals surface area (Å²) in [5.41, 5.74) is 2.55. The van der Waals surface area contributed by atoms with Crippen molar-refractivity contribution in [1.29, 1.82) is 0 Å². The Morgan fingerprint density at radius 3 is 2.40 bits per heavy atom. The number of rotatable bonds is 4. The molecule has 0 spiro atoms. The molecular formula is C23H31BrN4O2. The fourth-order valence-electron chi connectivity index (χ4n) is 4.75. The van der Waals surface area contributed by atoms with E-state index < -0.39 is 0 Å². The van der Waals surface area contributed by atoms with Crippen LogP contribution in [0.4, 0.5) is 0 Å². The number of morpholine rings is 1. The van der Waals surface area contributed by atoms with Crippen molar-refractivity contribution < 1.29 is 9.53 Å². The lowest BCUT2D eigenvalue weighted by molar-refractivity contribution is -0.0728. The van der Waals surface area contributed by atoms with E-state index in [0.29, 0.717) is 23.7 Å². The van der Waals surface area contributed by atoms with Gasteiger partial charge in [0.1, 0.15) is 0 Å². The molecule has 2 saturated heterocycles. The third-order valence-electron chi connectivity index (χ3n) is 6.22. The lowest BCUT2D eigenvalue weighted by Gasteiger charge is -2.39. The number of nitrogens with zero attached hydrogens (tertiary/aromatic N) is 4. The molecule has 4 rings (SSSR count). The highest BCUT2D eigenvalue weighted by Crippen LogP contribution is 2.24. The zero-order chi connectivity index (χ0) is 21.3. The first-order valence-electron chi connectivity index (χ1n) is 10.9. The molecule has 1 amide bonds. The Morgan fingerprint density at radius 2 is 1.77 bits per heavy atom. The highest BCUT2D eigenvalue weighted by atomic mass is 79.9. The Bertz CT molecular complexity index is 864. The second-order valence-corrected chi connectivity index (χ2v) is 9.66. The van der Waals surface area contributed by atoms with Crippen LogP contribution in [0.15, 0.2) is 34.9 Å². The number of likely N-dealkylation sites (tertiary alicyclic amines) is 1. The van der Waals surface area contributed by atoms with Crippen molar-refractivity contribution in [2.24, 2.45) is 5.92 Å². The molecule has 0 bridgehead atoms. The molecule has 2 unspecified atom stereocenters. The maximum Gasteiger partial charge on any atom is 0.257 e. The molecular weight excluding hydrogens is 444 g/mol. The van der Waals surface area contributed by atoms with E-state index in [1.54, 1.807) is 6.20 Å². The van der Waals surface area contributed by atoms with Crippen LogP contribution in [0, 0.1) is 12.8 Å². The van der Waals surface area contributed by atoms with E-state index in [2.05, 4.69) is 39.8 Å². The van der Waals surface area contributed by atoms with Gasteiger partial charge in [-0.3, -0.25) is 9.69 Å². The van der Waals surface area contributed by atoms with Gasteiger partial charge in [-0.2, -0.15) is 5.10 Å². The molecule has 0 aliphatic carbocycles. The van der Waals surface area contributed by atoms with Crippen LogP contribution < -0.4 is 0 Å². The summed E-state index contributed by atoms with van der Waals surface area (Å²) in [6, 6.07) is 7.96. The average Bonchev–Trinajstić information content (AvgIpc) is 3.09. The van der Waals surface area contributed by atoms with E-state index in [1.165, 1.54) is 0 Å². The minimum atomic E-state index is 0.0999. The van der Waals surface area contributed by atoms with Gasteiger partial charge in [-0.05, 0) is 63.8 Å². The molecule has 7 heteroatoms. The van der Waals surface area contributed by atoms with Crippen LogP contribution in [-0.2, 0) is 4.74 Å². The Hall–Kier alpha value is -1.70. The summed E-state index contributed by atoms with van der Waals surface area (Å²) < 4.78 is 8.71. The van der Waals surface area contributed by atoms with Crippen LogP contribution in [0.1, 0.15) is 42.7 Å². The number of benzene rings is 1. The summed E-state index contributed by atoms with van der Waals surface area (Å²) in [6.07, 6.45) is 4.45. The largest absolute Gasteiger partial charge is 0.373 e. The molecule has 30 heavy (non-hydrogen) atoms. The van der Waals surface area contributed by atoms with Gasteiger partial charge in [0.2, 0.25) is 0 Å².